The van der Waals surface area contributed by atoms with E-state index in [2.05, 4.69) is 26.8 Å². The van der Waals surface area contributed by atoms with Gasteiger partial charge in [-0.1, -0.05) is 32.4 Å². The van der Waals surface area contributed by atoms with Crippen LogP contribution in [-0.2, 0) is 80.8 Å². The quantitative estimate of drug-likeness (QED) is 0.108. The van der Waals surface area contributed by atoms with Crippen LogP contribution in [0.4, 0.5) is 0 Å². The first-order chi connectivity index (χ1) is 39.8. The second-order valence-corrected chi connectivity index (χ2v) is 27.9. The third-order valence-electron chi connectivity index (χ3n) is 22.8. The highest BCUT2D eigenvalue weighted by molar-refractivity contribution is 5.29. The van der Waals surface area contributed by atoms with E-state index in [9.17, 15) is 25.5 Å². The van der Waals surface area contributed by atoms with E-state index < -0.39 is 159 Å². The lowest BCUT2D eigenvalue weighted by molar-refractivity contribution is -0.472. The molecule has 1 spiro atoms. The first-order valence-electron chi connectivity index (χ1n) is 31.8. The average Bonchev–Trinajstić information content (AvgIpc) is 1.82. The Morgan fingerprint density at radius 2 is 1.13 bits per heavy atom. The molecule has 11 rings (SSSR count). The molecule has 0 bridgehead atoms. The maximum atomic E-state index is 12.9. The van der Waals surface area contributed by atoms with Gasteiger partial charge in [-0.25, -0.2) is 4.89 Å². The monoisotopic (exact) mass is 1200 g/mol. The Kier molecular flexibility index (Phi) is 19.3. The SMILES string of the molecule is COC1CC(OC2C(C)OC(OC3C(O)CC(OC4C(O)CC(OC5C(C)OC6(COC7CC(OC(C)C8(O)CCC9C%10(C)CC=C%11CC(O)CCC%11(C)C%10CCC98C)OC(C)C7OO6)CC5OC)OC4C)OC3C)CC2OC)OC(C)C1O. The van der Waals surface area contributed by atoms with Crippen molar-refractivity contribution in [3.8, 4) is 0 Å². The number of hydrogen-bond acceptors (Lipinski definition) is 22. The van der Waals surface area contributed by atoms with Crippen molar-refractivity contribution in [2.45, 2.75) is 324 Å². The molecule has 5 N–H and O–H groups in total. The van der Waals surface area contributed by atoms with Gasteiger partial charge in [-0.05, 0) is 122 Å². The predicted octanol–water partition coefficient (Wildman–Crippen LogP) is 5.40. The van der Waals surface area contributed by atoms with Crippen LogP contribution in [0.25, 0.3) is 0 Å². The molecule has 4 aliphatic carbocycles. The zero-order valence-corrected chi connectivity index (χ0v) is 51.9. The lowest BCUT2D eigenvalue weighted by atomic mass is 9.41. The molecule has 0 aromatic rings. The Bertz CT molecular complexity index is 2230. The number of rotatable bonds is 14. The first-order valence-corrected chi connectivity index (χ1v) is 31.8. The molecule has 0 aromatic heterocycles. The second kappa shape index (κ2) is 25.2. The lowest BCUT2D eigenvalue weighted by Gasteiger charge is -2.64. The molecule has 3 saturated carbocycles. The summed E-state index contributed by atoms with van der Waals surface area (Å²) in [6, 6.07) is 0. The molecule has 10 fully saturated rings. The fourth-order valence-electron chi connectivity index (χ4n) is 18.0. The van der Waals surface area contributed by atoms with Gasteiger partial charge < -0.3 is 96.6 Å². The van der Waals surface area contributed by atoms with E-state index in [-0.39, 0.29) is 48.2 Å². The van der Waals surface area contributed by atoms with Crippen LogP contribution in [0.3, 0.4) is 0 Å². The number of hydrogen-bond donors (Lipinski definition) is 5. The molecule has 22 nitrogen and oxygen atoms in total. The van der Waals surface area contributed by atoms with Crippen LogP contribution >= 0.6 is 0 Å². The summed E-state index contributed by atoms with van der Waals surface area (Å²) in [4.78, 5) is 12.4. The molecule has 32 unspecified atom stereocenters. The van der Waals surface area contributed by atoms with Crippen molar-refractivity contribution < 1.29 is 106 Å². The van der Waals surface area contributed by atoms with E-state index in [1.807, 2.05) is 27.7 Å². The highest BCUT2D eigenvalue weighted by Crippen LogP contribution is 2.72. The summed E-state index contributed by atoms with van der Waals surface area (Å²) < 4.78 is 94.5. The van der Waals surface area contributed by atoms with Crippen molar-refractivity contribution >= 4 is 0 Å². The van der Waals surface area contributed by atoms with Crippen LogP contribution in [0.1, 0.15) is 159 Å². The Morgan fingerprint density at radius 3 is 1.75 bits per heavy atom. The van der Waals surface area contributed by atoms with Crippen molar-refractivity contribution in [1.29, 1.82) is 0 Å². The van der Waals surface area contributed by atoms with Gasteiger partial charge in [0.05, 0.1) is 91.1 Å². The molecule has 11 aliphatic rings. The topological polar surface area (TPSA) is 258 Å². The third kappa shape index (κ3) is 11.9. The summed E-state index contributed by atoms with van der Waals surface area (Å²) >= 11 is 0. The summed E-state index contributed by atoms with van der Waals surface area (Å²) in [6.07, 6.45) is -4.70. The van der Waals surface area contributed by atoms with Gasteiger partial charge in [-0.2, -0.15) is 4.89 Å². The zero-order valence-electron chi connectivity index (χ0n) is 51.9. The van der Waals surface area contributed by atoms with Crippen LogP contribution in [-0.4, -0.2) is 218 Å². The van der Waals surface area contributed by atoms with Gasteiger partial charge in [0, 0.05) is 65.3 Å². The average molecular weight is 1200 g/mol. The predicted molar refractivity (Wildman–Crippen MR) is 296 cm³/mol. The van der Waals surface area contributed by atoms with Crippen molar-refractivity contribution in [1.82, 2.24) is 0 Å². The fraction of sp³-hybridized carbons (Fsp3) is 0.968. The minimum atomic E-state index is -1.34. The number of aliphatic hydroxyl groups is 5. The van der Waals surface area contributed by atoms with Crippen molar-refractivity contribution in [2.24, 2.45) is 28.1 Å². The molecule has 0 aromatic carbocycles. The Morgan fingerprint density at radius 1 is 0.583 bits per heavy atom. The van der Waals surface area contributed by atoms with Crippen LogP contribution < -0.4 is 0 Å². The Hall–Kier alpha value is -1.14. The van der Waals surface area contributed by atoms with Gasteiger partial charge in [-0.15, -0.1) is 0 Å². The lowest BCUT2D eigenvalue weighted by Crippen LogP contribution is -2.62. The fourth-order valence-corrected chi connectivity index (χ4v) is 18.0. The smallest absolute Gasteiger partial charge is 0.228 e. The minimum absolute atomic E-state index is 0.0350. The van der Waals surface area contributed by atoms with Crippen molar-refractivity contribution in [3.63, 3.8) is 0 Å². The summed E-state index contributed by atoms with van der Waals surface area (Å²) in [6.45, 7) is 20.3. The van der Waals surface area contributed by atoms with Gasteiger partial charge in [0.2, 0.25) is 5.79 Å². The van der Waals surface area contributed by atoms with E-state index in [1.165, 1.54) is 5.57 Å². The van der Waals surface area contributed by atoms with Gasteiger partial charge in [0.25, 0.3) is 0 Å². The van der Waals surface area contributed by atoms with E-state index in [1.54, 1.807) is 42.1 Å². The van der Waals surface area contributed by atoms with Crippen molar-refractivity contribution in [2.75, 3.05) is 27.9 Å². The van der Waals surface area contributed by atoms with E-state index in [4.69, 9.17) is 80.8 Å². The maximum Gasteiger partial charge on any atom is 0.228 e. The largest absolute Gasteiger partial charge is 0.393 e. The molecular weight excluding hydrogens is 1100 g/mol. The summed E-state index contributed by atoms with van der Waals surface area (Å²) in [5.41, 5.74) is 0.163. The second-order valence-electron chi connectivity index (χ2n) is 27.9. The zero-order chi connectivity index (χ0) is 60.0. The number of aliphatic hydroxyl groups excluding tert-OH is 4. The molecular formula is C62H102O22. The number of ether oxygens (including phenoxy) is 15. The maximum absolute atomic E-state index is 12.9. The number of allylic oxidation sites excluding steroid dienone is 1. The standard InChI is InChI=1S/C62H102O22/c1-30-52(66)41(68-11)25-50(72-30)81-55-33(4)75-51(26-42(55)69-12)79-54-32(3)73-47(23-39(54)64)78-53-31(2)74-48(24-40(53)65)80-56-35(6)82-61(28-44(56)70-13)29-71-43-27-49(76-34(5)57(43)83-84-61)77-36(7)62(67)21-17-46-59(9)18-14-37-22-38(63)15-19-58(37,8)45(59)16-20-60(46,62)10/h14,30-36,38-57,63-67H,15-29H2,1-13H3. The number of fused-ring (bicyclic) bond motifs is 6. The van der Waals surface area contributed by atoms with Gasteiger partial charge in [0.15, 0.2) is 31.5 Å². The highest BCUT2D eigenvalue weighted by atomic mass is 17.2. The molecule has 482 valence electrons. The Balaban J connectivity index is 0.641. The highest BCUT2D eigenvalue weighted by Gasteiger charge is 2.69. The van der Waals surface area contributed by atoms with Crippen LogP contribution in [0.15, 0.2) is 11.6 Å². The summed E-state index contributed by atoms with van der Waals surface area (Å²) in [5.74, 6) is -0.507. The van der Waals surface area contributed by atoms with E-state index in [0.717, 1.165) is 44.9 Å². The Labute approximate surface area is 496 Å². The molecule has 84 heavy (non-hydrogen) atoms. The third-order valence-corrected chi connectivity index (χ3v) is 22.8. The molecule has 7 heterocycles. The summed E-state index contributed by atoms with van der Waals surface area (Å²) in [7, 11) is 4.75. The van der Waals surface area contributed by atoms with Gasteiger partial charge >= 0.3 is 0 Å². The van der Waals surface area contributed by atoms with E-state index in [0.29, 0.717) is 37.5 Å². The molecule has 22 heteroatoms. The first kappa shape index (κ1) is 64.4. The molecule has 7 aliphatic heterocycles. The normalized spacial score (nSPS) is 54.8. The van der Waals surface area contributed by atoms with Gasteiger partial charge in [0.1, 0.15) is 43.2 Å². The minimum Gasteiger partial charge on any atom is -0.393 e. The molecule has 0 radical (unpaired) electrons. The van der Waals surface area contributed by atoms with Crippen molar-refractivity contribution in [3.05, 3.63) is 11.6 Å². The number of methoxy groups -OCH3 is 3. The van der Waals surface area contributed by atoms with E-state index >= 15 is 0 Å². The summed E-state index contributed by atoms with van der Waals surface area (Å²) in [5, 5.41) is 57.0. The van der Waals surface area contributed by atoms with Crippen LogP contribution in [0, 0.1) is 28.1 Å². The molecule has 32 atom stereocenters. The molecule has 7 saturated heterocycles. The van der Waals surface area contributed by atoms with Crippen LogP contribution in [0.2, 0.25) is 0 Å². The van der Waals surface area contributed by atoms with Gasteiger partial charge in [-0.3, -0.25) is 0 Å². The van der Waals surface area contributed by atoms with Crippen LogP contribution in [0.5, 0.6) is 0 Å². The molecule has 0 amide bonds.